The molecular formula is C35H44O10S. The maximum Gasteiger partial charge on any atom is 0.343 e. The molecule has 10 nitrogen and oxygen atoms in total. The molecule has 3 aromatic rings. The largest absolute Gasteiger partial charge is 0.491 e. The fourth-order valence-corrected chi connectivity index (χ4v) is 4.90. The van der Waals surface area contributed by atoms with E-state index in [0.717, 1.165) is 23.8 Å². The van der Waals surface area contributed by atoms with Gasteiger partial charge >= 0.3 is 22.1 Å². The summed E-state index contributed by atoms with van der Waals surface area (Å²) in [6.45, 7) is 10.3. The Kier molecular flexibility index (Phi) is 14.5. The standard InChI is InChI=1S/C35H44O10S/c1-25(2)24-33(26(3)4)35(37)43-23-21-41-19-18-40-20-22-42-30-12-10-29(11-13-30)34(36)44-31-14-6-27(7-15-31)28-8-16-32(17-9-28)45-46(5,38)39/h6-17,25-26,33H,18-24H2,1-5H3. The molecule has 11 heteroatoms. The molecule has 3 aromatic carbocycles. The van der Waals surface area contributed by atoms with Crippen LogP contribution < -0.4 is 13.7 Å². The first-order valence-corrected chi connectivity index (χ1v) is 17.1. The fourth-order valence-electron chi connectivity index (χ4n) is 4.44. The molecule has 0 radical (unpaired) electrons. The molecule has 0 N–H and O–H groups in total. The Morgan fingerprint density at radius 1 is 0.652 bits per heavy atom. The summed E-state index contributed by atoms with van der Waals surface area (Å²) in [7, 11) is -3.59. The van der Waals surface area contributed by atoms with Crippen LogP contribution in [0.2, 0.25) is 0 Å². The lowest BCUT2D eigenvalue weighted by Gasteiger charge is -2.21. The maximum absolute atomic E-state index is 12.6. The Morgan fingerprint density at radius 2 is 1.15 bits per heavy atom. The molecule has 250 valence electrons. The van der Waals surface area contributed by atoms with Crippen LogP contribution in [0.25, 0.3) is 11.1 Å². The van der Waals surface area contributed by atoms with Crippen molar-refractivity contribution in [2.24, 2.45) is 17.8 Å². The van der Waals surface area contributed by atoms with Crippen LogP contribution in [0.5, 0.6) is 17.2 Å². The first-order chi connectivity index (χ1) is 21.9. The van der Waals surface area contributed by atoms with Gasteiger partial charge in [0.2, 0.25) is 0 Å². The predicted molar refractivity (Wildman–Crippen MR) is 175 cm³/mol. The lowest BCUT2D eigenvalue weighted by atomic mass is 9.88. The molecule has 0 aliphatic heterocycles. The van der Waals surface area contributed by atoms with Crippen LogP contribution in [-0.2, 0) is 29.1 Å². The van der Waals surface area contributed by atoms with Crippen molar-refractivity contribution in [3.8, 4) is 28.4 Å². The predicted octanol–water partition coefficient (Wildman–Crippen LogP) is 6.18. The first kappa shape index (κ1) is 36.5. The number of carbonyl (C=O) groups is 2. The molecule has 0 spiro atoms. The molecule has 0 aliphatic carbocycles. The Bertz CT molecular complexity index is 1470. The monoisotopic (exact) mass is 656 g/mol. The van der Waals surface area contributed by atoms with Crippen molar-refractivity contribution in [2.75, 3.05) is 45.9 Å². The number of ether oxygens (including phenoxy) is 5. The van der Waals surface area contributed by atoms with Crippen LogP contribution >= 0.6 is 0 Å². The smallest absolute Gasteiger partial charge is 0.343 e. The molecule has 0 amide bonds. The molecule has 0 fully saturated rings. The van der Waals surface area contributed by atoms with Crippen molar-refractivity contribution in [3.63, 3.8) is 0 Å². The summed E-state index contributed by atoms with van der Waals surface area (Å²) in [5.41, 5.74) is 2.08. The highest BCUT2D eigenvalue weighted by atomic mass is 32.2. The second-order valence-corrected chi connectivity index (χ2v) is 13.0. The van der Waals surface area contributed by atoms with Crippen molar-refractivity contribution in [2.45, 2.75) is 34.1 Å². The van der Waals surface area contributed by atoms with E-state index in [0.29, 0.717) is 56.0 Å². The summed E-state index contributed by atoms with van der Waals surface area (Å²) in [5, 5.41) is 0. The maximum atomic E-state index is 12.6. The first-order valence-electron chi connectivity index (χ1n) is 15.3. The second kappa shape index (κ2) is 18.3. The highest BCUT2D eigenvalue weighted by Gasteiger charge is 2.24. The Balaban J connectivity index is 1.29. The average Bonchev–Trinajstić information content (AvgIpc) is 3.00. The third-order valence-electron chi connectivity index (χ3n) is 6.76. The molecule has 0 aromatic heterocycles. The van der Waals surface area contributed by atoms with Crippen LogP contribution in [0, 0.1) is 17.8 Å². The van der Waals surface area contributed by atoms with Gasteiger partial charge in [0.1, 0.15) is 30.5 Å². The van der Waals surface area contributed by atoms with Gasteiger partial charge in [-0.3, -0.25) is 4.79 Å². The molecule has 46 heavy (non-hydrogen) atoms. The molecule has 1 unspecified atom stereocenters. The number of rotatable bonds is 19. The van der Waals surface area contributed by atoms with Crippen molar-refractivity contribution in [1.82, 2.24) is 0 Å². The molecule has 0 saturated heterocycles. The second-order valence-electron chi connectivity index (χ2n) is 11.5. The topological polar surface area (TPSA) is 124 Å². The van der Waals surface area contributed by atoms with Gasteiger partial charge in [0.05, 0.1) is 44.2 Å². The number of hydrogen-bond acceptors (Lipinski definition) is 10. The van der Waals surface area contributed by atoms with Gasteiger partial charge < -0.3 is 27.9 Å². The minimum Gasteiger partial charge on any atom is -0.491 e. The van der Waals surface area contributed by atoms with Crippen molar-refractivity contribution in [1.29, 1.82) is 0 Å². The highest BCUT2D eigenvalue weighted by molar-refractivity contribution is 7.86. The van der Waals surface area contributed by atoms with Gasteiger partial charge in [-0.1, -0.05) is 52.0 Å². The number of esters is 2. The van der Waals surface area contributed by atoms with Gasteiger partial charge in [0.25, 0.3) is 0 Å². The molecule has 0 aliphatic rings. The highest BCUT2D eigenvalue weighted by Crippen LogP contribution is 2.26. The molecule has 1 atom stereocenters. The minimum atomic E-state index is -3.59. The summed E-state index contributed by atoms with van der Waals surface area (Å²) in [6.07, 6.45) is 1.80. The van der Waals surface area contributed by atoms with Gasteiger partial charge in [-0.25, -0.2) is 4.79 Å². The van der Waals surface area contributed by atoms with Gasteiger partial charge in [-0.15, -0.1) is 0 Å². The van der Waals surface area contributed by atoms with Crippen molar-refractivity contribution in [3.05, 3.63) is 78.4 Å². The summed E-state index contributed by atoms with van der Waals surface area (Å²) >= 11 is 0. The van der Waals surface area contributed by atoms with E-state index in [-0.39, 0.29) is 30.2 Å². The van der Waals surface area contributed by atoms with Crippen molar-refractivity contribution < 1.29 is 45.9 Å². The van der Waals surface area contributed by atoms with Gasteiger partial charge in [-0.2, -0.15) is 8.42 Å². The molecule has 0 saturated carbocycles. The number of benzene rings is 3. The Labute approximate surface area is 272 Å². The van der Waals surface area contributed by atoms with Crippen molar-refractivity contribution >= 4 is 22.1 Å². The third-order valence-corrected chi connectivity index (χ3v) is 7.26. The molecule has 3 rings (SSSR count). The normalized spacial score (nSPS) is 12.2. The van der Waals surface area contributed by atoms with E-state index in [1.807, 2.05) is 13.8 Å². The summed E-state index contributed by atoms with van der Waals surface area (Å²) in [4.78, 5) is 24.9. The van der Waals surface area contributed by atoms with Crippen LogP contribution in [0.3, 0.4) is 0 Å². The van der Waals surface area contributed by atoms with Gasteiger partial charge in [0, 0.05) is 0 Å². The molecular weight excluding hydrogens is 612 g/mol. The zero-order valence-corrected chi connectivity index (χ0v) is 27.9. The third kappa shape index (κ3) is 13.2. The summed E-state index contributed by atoms with van der Waals surface area (Å²) < 4.78 is 54.9. The zero-order valence-electron chi connectivity index (χ0n) is 27.1. The van der Waals surface area contributed by atoms with Gasteiger partial charge in [0.15, 0.2) is 0 Å². The molecule has 0 bridgehead atoms. The van der Waals surface area contributed by atoms with E-state index in [2.05, 4.69) is 13.8 Å². The Hall–Kier alpha value is -3.93. The van der Waals surface area contributed by atoms with E-state index < -0.39 is 16.1 Å². The van der Waals surface area contributed by atoms with E-state index in [9.17, 15) is 18.0 Å². The Morgan fingerprint density at radius 3 is 1.67 bits per heavy atom. The van der Waals surface area contributed by atoms with Crippen LogP contribution in [0.15, 0.2) is 72.8 Å². The number of carbonyl (C=O) groups excluding carboxylic acids is 2. The molecule has 0 heterocycles. The van der Waals surface area contributed by atoms with E-state index >= 15 is 0 Å². The fraction of sp³-hybridized carbons (Fsp3) is 0.429. The van der Waals surface area contributed by atoms with Crippen LogP contribution in [0.4, 0.5) is 0 Å². The van der Waals surface area contributed by atoms with E-state index in [1.54, 1.807) is 72.8 Å². The quantitative estimate of drug-likeness (QED) is 0.0639. The zero-order chi connectivity index (χ0) is 33.5. The lowest BCUT2D eigenvalue weighted by Crippen LogP contribution is -2.25. The SMILES string of the molecule is CC(C)CC(C(=O)OCCOCCOCCOc1ccc(C(=O)Oc2ccc(-c3ccc(OS(C)(=O)=O)cc3)cc2)cc1)C(C)C. The van der Waals surface area contributed by atoms with Crippen LogP contribution in [-0.4, -0.2) is 66.3 Å². The average molecular weight is 657 g/mol. The minimum absolute atomic E-state index is 0.0932. The lowest BCUT2D eigenvalue weighted by molar-refractivity contribution is -0.152. The van der Waals surface area contributed by atoms with E-state index in [4.69, 9.17) is 27.9 Å². The summed E-state index contributed by atoms with van der Waals surface area (Å²) in [5.74, 6) is 1.12. The van der Waals surface area contributed by atoms with Crippen LogP contribution in [0.1, 0.15) is 44.5 Å². The van der Waals surface area contributed by atoms with Gasteiger partial charge in [-0.05, 0) is 77.9 Å². The summed E-state index contributed by atoms with van der Waals surface area (Å²) in [6, 6.07) is 20.2. The van der Waals surface area contributed by atoms with E-state index in [1.165, 1.54) is 0 Å². The number of hydrogen-bond donors (Lipinski definition) is 0.